The Balaban J connectivity index is 0.000000182. The molecule has 2 aliphatic heterocycles. The largest absolute Gasteiger partial charge is 0.481 e. The van der Waals surface area contributed by atoms with Crippen LogP contribution in [-0.2, 0) is 17.9 Å². The van der Waals surface area contributed by atoms with Crippen molar-refractivity contribution in [1.29, 1.82) is 0 Å². The lowest BCUT2D eigenvalue weighted by molar-refractivity contribution is -0.137. The van der Waals surface area contributed by atoms with Gasteiger partial charge in [0.15, 0.2) is 23.0 Å². The maximum absolute atomic E-state index is 12.7. The summed E-state index contributed by atoms with van der Waals surface area (Å²) in [6.45, 7) is 3.14. The van der Waals surface area contributed by atoms with Crippen LogP contribution in [0.3, 0.4) is 0 Å². The third-order valence-corrected chi connectivity index (χ3v) is 11.1. The molecule has 0 saturated heterocycles. The van der Waals surface area contributed by atoms with Gasteiger partial charge in [-0.15, -0.1) is 22.7 Å². The molecule has 60 heavy (non-hydrogen) atoms. The number of aromatic nitrogens is 2. The van der Waals surface area contributed by atoms with E-state index < -0.39 is 24.1 Å². The van der Waals surface area contributed by atoms with Gasteiger partial charge >= 0.3 is 18.0 Å². The summed E-state index contributed by atoms with van der Waals surface area (Å²) in [6.07, 6.45) is 3.70. The number of nitrogens with zero attached hydrogens (tertiary/aromatic N) is 2. The van der Waals surface area contributed by atoms with Gasteiger partial charge in [-0.2, -0.15) is 0 Å². The molecule has 2 aliphatic rings. The highest BCUT2D eigenvalue weighted by Gasteiger charge is 2.23. The minimum atomic E-state index is -1.08. The summed E-state index contributed by atoms with van der Waals surface area (Å²) in [5.41, 5.74) is 1.19. The molecule has 0 bridgehead atoms. The lowest BCUT2D eigenvalue weighted by atomic mass is 10.0. The van der Waals surface area contributed by atoms with Crippen molar-refractivity contribution in [2.75, 3.05) is 24.2 Å². The summed E-state index contributed by atoms with van der Waals surface area (Å²) in [5.74, 6) is 1.32. The quantitative estimate of drug-likeness (QED) is 0.0807. The fraction of sp³-hybridized carbons (Fsp3) is 0.214. The Labute approximate surface area is 350 Å². The smallest absolute Gasteiger partial charge is 0.319 e. The number of carbonyl (C=O) groups is 3. The highest BCUT2D eigenvalue weighted by atomic mass is 32.1. The maximum Gasteiger partial charge on any atom is 0.319 e. The van der Waals surface area contributed by atoms with Gasteiger partial charge in [-0.25, -0.2) is 9.59 Å². The Hall–Kier alpha value is -7.05. The Kier molecular flexibility index (Phi) is 13.1. The van der Waals surface area contributed by atoms with E-state index in [1.165, 1.54) is 22.0 Å². The molecule has 4 aromatic heterocycles. The SMILES string of the molecule is CC[C@H](NC(=O)Nc1cccn(Cc2cccs2)c1=O)c1ccc2c(c1)OCO2.O=C(O)C[C@H](NC(=O)Nc1cccn(Cc2cccs2)c1=O)c1ccc2c(c1)OCO2. The van der Waals surface area contributed by atoms with E-state index in [4.69, 9.17) is 18.9 Å². The number of pyridine rings is 2. The predicted molar refractivity (Wildman–Crippen MR) is 226 cm³/mol. The van der Waals surface area contributed by atoms with E-state index >= 15 is 0 Å². The van der Waals surface area contributed by atoms with Crippen LogP contribution in [0.15, 0.2) is 118 Å². The summed E-state index contributed by atoms with van der Waals surface area (Å²) in [7, 11) is 0. The third-order valence-electron chi connectivity index (χ3n) is 9.34. The van der Waals surface area contributed by atoms with Crippen molar-refractivity contribution in [3.8, 4) is 23.0 Å². The van der Waals surface area contributed by atoms with Crippen LogP contribution in [0, 0.1) is 0 Å². The molecule has 310 valence electrons. The Morgan fingerprint density at radius 2 is 1.12 bits per heavy atom. The van der Waals surface area contributed by atoms with E-state index in [1.807, 2.05) is 60.1 Å². The van der Waals surface area contributed by atoms with Crippen LogP contribution in [0.25, 0.3) is 0 Å². The summed E-state index contributed by atoms with van der Waals surface area (Å²) >= 11 is 3.12. The minimum Gasteiger partial charge on any atom is -0.481 e. The first-order valence-electron chi connectivity index (χ1n) is 18.7. The van der Waals surface area contributed by atoms with E-state index in [9.17, 15) is 29.1 Å². The zero-order chi connectivity index (χ0) is 42.0. The van der Waals surface area contributed by atoms with Gasteiger partial charge in [-0.3, -0.25) is 14.4 Å². The second-order valence-corrected chi connectivity index (χ2v) is 15.5. The average Bonchev–Trinajstić information content (AvgIpc) is 4.09. The number of rotatable bonds is 13. The van der Waals surface area contributed by atoms with Crippen molar-refractivity contribution in [1.82, 2.24) is 19.8 Å². The van der Waals surface area contributed by atoms with E-state index in [0.717, 1.165) is 15.3 Å². The van der Waals surface area contributed by atoms with Crippen molar-refractivity contribution in [3.05, 3.63) is 150 Å². The van der Waals surface area contributed by atoms with Gasteiger partial charge < -0.3 is 54.5 Å². The highest BCUT2D eigenvalue weighted by molar-refractivity contribution is 7.10. The van der Waals surface area contributed by atoms with Crippen LogP contribution in [0.5, 0.6) is 23.0 Å². The van der Waals surface area contributed by atoms with Crippen LogP contribution in [0.1, 0.15) is 52.7 Å². The molecule has 0 saturated carbocycles. The Bertz CT molecular complexity index is 2570. The fourth-order valence-electron chi connectivity index (χ4n) is 6.39. The van der Waals surface area contributed by atoms with Crippen molar-refractivity contribution in [2.24, 2.45) is 0 Å². The first kappa shape index (κ1) is 41.1. The molecule has 6 aromatic rings. The maximum atomic E-state index is 12.7. The fourth-order valence-corrected chi connectivity index (χ4v) is 7.80. The van der Waals surface area contributed by atoms with Gasteiger partial charge in [-0.1, -0.05) is 31.2 Å². The van der Waals surface area contributed by atoms with Crippen LogP contribution in [0.2, 0.25) is 0 Å². The van der Waals surface area contributed by atoms with Crippen molar-refractivity contribution in [3.63, 3.8) is 0 Å². The molecule has 0 radical (unpaired) electrons. The number of anilines is 2. The molecule has 8 rings (SSSR count). The first-order chi connectivity index (χ1) is 29.1. The zero-order valence-corrected chi connectivity index (χ0v) is 33.8. The van der Waals surface area contributed by atoms with Crippen molar-refractivity contribution in [2.45, 2.75) is 44.9 Å². The molecule has 0 spiro atoms. The Morgan fingerprint density at radius 3 is 1.57 bits per heavy atom. The number of nitrogens with one attached hydrogen (secondary N) is 4. The summed E-state index contributed by atoms with van der Waals surface area (Å²) < 4.78 is 24.4. The number of aliphatic carboxylic acids is 1. The molecule has 4 amide bonds. The Morgan fingerprint density at radius 1 is 0.650 bits per heavy atom. The molecule has 2 atom stereocenters. The molecule has 16 nitrogen and oxygen atoms in total. The molecule has 5 N–H and O–H groups in total. The number of amides is 4. The topological polar surface area (TPSA) is 200 Å². The lowest BCUT2D eigenvalue weighted by Crippen LogP contribution is -2.36. The molecule has 6 heterocycles. The molecular formula is C42H40N6O10S2. The van der Waals surface area contributed by atoms with Crippen molar-refractivity contribution < 1.29 is 38.4 Å². The van der Waals surface area contributed by atoms with Crippen LogP contribution >= 0.6 is 22.7 Å². The molecule has 18 heteroatoms. The van der Waals surface area contributed by atoms with E-state index in [-0.39, 0.29) is 48.5 Å². The highest BCUT2D eigenvalue weighted by Crippen LogP contribution is 2.36. The van der Waals surface area contributed by atoms with Gasteiger partial charge in [-0.05, 0) is 89.0 Å². The third kappa shape index (κ3) is 10.3. The van der Waals surface area contributed by atoms with Crippen LogP contribution < -0.4 is 51.3 Å². The number of hydrogen-bond acceptors (Lipinski definition) is 11. The molecule has 0 aliphatic carbocycles. The number of thiophene rings is 2. The second kappa shape index (κ2) is 19.1. The van der Waals surface area contributed by atoms with E-state index in [0.29, 0.717) is 48.1 Å². The van der Waals surface area contributed by atoms with Crippen molar-refractivity contribution >= 4 is 52.1 Å². The molecule has 0 unspecified atom stereocenters. The minimum absolute atomic E-state index is 0.0854. The van der Waals surface area contributed by atoms with Crippen LogP contribution in [-0.4, -0.2) is 45.9 Å². The van der Waals surface area contributed by atoms with E-state index in [1.54, 1.807) is 64.7 Å². The zero-order valence-electron chi connectivity index (χ0n) is 32.1. The lowest BCUT2D eigenvalue weighted by Gasteiger charge is -2.18. The number of carbonyl (C=O) groups excluding carboxylic acids is 2. The first-order valence-corrected chi connectivity index (χ1v) is 20.5. The van der Waals surface area contributed by atoms with Crippen LogP contribution in [0.4, 0.5) is 21.0 Å². The molecule has 2 aromatic carbocycles. The van der Waals surface area contributed by atoms with Gasteiger partial charge in [0.05, 0.1) is 31.6 Å². The van der Waals surface area contributed by atoms with Gasteiger partial charge in [0.1, 0.15) is 11.4 Å². The van der Waals surface area contributed by atoms with Gasteiger partial charge in [0.2, 0.25) is 13.6 Å². The number of ether oxygens (including phenoxy) is 4. The predicted octanol–water partition coefficient (Wildman–Crippen LogP) is 6.98. The number of urea groups is 2. The van der Waals surface area contributed by atoms with Gasteiger partial charge in [0, 0.05) is 22.1 Å². The summed E-state index contributed by atoms with van der Waals surface area (Å²) in [4.78, 5) is 63.9. The molecule has 0 fully saturated rings. The number of fused-ring (bicyclic) bond motifs is 2. The van der Waals surface area contributed by atoms with E-state index in [2.05, 4.69) is 21.3 Å². The standard InChI is InChI=1S/C21H19N3O6S.C21H21N3O4S/c25-19(26)10-16(13-5-6-17-18(9-13)30-12-29-17)23-21(28)22-15-4-1-7-24(20(15)27)11-14-3-2-8-31-14;1-2-16(14-7-8-18-19(11-14)28-13-27-18)22-21(26)23-17-6-3-9-24(20(17)25)12-15-5-4-10-29-15/h1-9,16H,10-12H2,(H,25,26)(H2,22,23,28);3-11,16H,2,12-13H2,1H3,(H2,22,23,26)/t2*16-/m00/s1. The van der Waals surface area contributed by atoms with Gasteiger partial charge in [0.25, 0.3) is 11.1 Å². The number of carboxylic acids is 1. The monoisotopic (exact) mass is 852 g/mol. The number of carboxylic acid groups (broad SMARTS) is 1. The summed E-state index contributed by atoms with van der Waals surface area (Å²) in [6, 6.07) is 22.7. The summed E-state index contributed by atoms with van der Waals surface area (Å²) in [5, 5.41) is 23.9. The molecular weight excluding hydrogens is 813 g/mol. The normalized spacial score (nSPS) is 13.0. The average molecular weight is 853 g/mol. The second-order valence-electron chi connectivity index (χ2n) is 13.4. The number of benzene rings is 2. The number of hydrogen-bond donors (Lipinski definition) is 5.